The zero-order valence-corrected chi connectivity index (χ0v) is 10.3. The number of amides is 1. The molecule has 1 saturated carbocycles. The Labute approximate surface area is 102 Å². The van der Waals surface area contributed by atoms with E-state index in [1.165, 1.54) is 19.3 Å². The summed E-state index contributed by atoms with van der Waals surface area (Å²) in [6.45, 7) is 2.20. The molecule has 1 aliphatic carbocycles. The number of carbonyl (C=O) groups excluding carboxylic acids is 1. The van der Waals surface area contributed by atoms with Crippen LogP contribution in [-0.2, 0) is 0 Å². The van der Waals surface area contributed by atoms with Crippen molar-refractivity contribution < 1.29 is 4.79 Å². The van der Waals surface area contributed by atoms with E-state index < -0.39 is 0 Å². The Morgan fingerprint density at radius 2 is 2.12 bits per heavy atom. The SMILES string of the molecule is CNC(=O)c1ccc(NC2(C)CCC2)c(N)c1. The van der Waals surface area contributed by atoms with E-state index in [1.54, 1.807) is 19.2 Å². The molecule has 1 aliphatic rings. The summed E-state index contributed by atoms with van der Waals surface area (Å²) in [5.41, 5.74) is 8.26. The molecule has 4 nitrogen and oxygen atoms in total. The van der Waals surface area contributed by atoms with Crippen molar-refractivity contribution in [2.75, 3.05) is 18.1 Å². The Morgan fingerprint density at radius 1 is 1.41 bits per heavy atom. The highest BCUT2D eigenvalue weighted by molar-refractivity contribution is 5.95. The van der Waals surface area contributed by atoms with Gasteiger partial charge >= 0.3 is 0 Å². The summed E-state index contributed by atoms with van der Waals surface area (Å²) in [7, 11) is 1.61. The fourth-order valence-electron chi connectivity index (χ4n) is 2.12. The lowest BCUT2D eigenvalue weighted by Gasteiger charge is -2.40. The number of benzene rings is 1. The van der Waals surface area contributed by atoms with Crippen LogP contribution in [0.15, 0.2) is 18.2 Å². The van der Waals surface area contributed by atoms with Crippen molar-refractivity contribution in [1.82, 2.24) is 5.32 Å². The first-order valence-corrected chi connectivity index (χ1v) is 5.94. The second-order valence-electron chi connectivity index (χ2n) is 4.92. The van der Waals surface area contributed by atoms with E-state index in [2.05, 4.69) is 17.6 Å². The molecule has 4 N–H and O–H groups in total. The van der Waals surface area contributed by atoms with E-state index in [0.29, 0.717) is 11.3 Å². The lowest BCUT2D eigenvalue weighted by atomic mass is 9.78. The summed E-state index contributed by atoms with van der Waals surface area (Å²) in [5.74, 6) is -0.113. The molecule has 0 radical (unpaired) electrons. The molecule has 2 rings (SSSR count). The quantitative estimate of drug-likeness (QED) is 0.699. The highest BCUT2D eigenvalue weighted by atomic mass is 16.1. The van der Waals surface area contributed by atoms with Crippen LogP contribution in [0.4, 0.5) is 11.4 Å². The molecule has 1 aromatic rings. The molecule has 0 unspecified atom stereocenters. The molecule has 0 saturated heterocycles. The molecule has 0 aliphatic heterocycles. The van der Waals surface area contributed by atoms with Gasteiger partial charge in [0.2, 0.25) is 0 Å². The van der Waals surface area contributed by atoms with Crippen LogP contribution in [-0.4, -0.2) is 18.5 Å². The number of carbonyl (C=O) groups is 1. The van der Waals surface area contributed by atoms with Crippen LogP contribution >= 0.6 is 0 Å². The lowest BCUT2D eigenvalue weighted by Crippen LogP contribution is -2.41. The number of nitrogens with two attached hydrogens (primary N) is 1. The fourth-order valence-corrected chi connectivity index (χ4v) is 2.12. The van der Waals surface area contributed by atoms with Crippen molar-refractivity contribution in [3.8, 4) is 0 Å². The van der Waals surface area contributed by atoms with Crippen molar-refractivity contribution in [3.05, 3.63) is 23.8 Å². The van der Waals surface area contributed by atoms with Crippen molar-refractivity contribution in [3.63, 3.8) is 0 Å². The van der Waals surface area contributed by atoms with Crippen LogP contribution < -0.4 is 16.4 Å². The van der Waals surface area contributed by atoms with E-state index in [1.807, 2.05) is 6.07 Å². The zero-order chi connectivity index (χ0) is 12.5. The van der Waals surface area contributed by atoms with Gasteiger partial charge in [0.25, 0.3) is 5.91 Å². The summed E-state index contributed by atoms with van der Waals surface area (Å²) in [6.07, 6.45) is 3.60. The zero-order valence-electron chi connectivity index (χ0n) is 10.3. The predicted molar refractivity (Wildman–Crippen MR) is 70.1 cm³/mol. The summed E-state index contributed by atoms with van der Waals surface area (Å²) in [6, 6.07) is 5.38. The summed E-state index contributed by atoms with van der Waals surface area (Å²) in [4.78, 5) is 11.4. The number of nitrogen functional groups attached to an aromatic ring is 1. The van der Waals surface area contributed by atoms with Gasteiger partial charge in [0.15, 0.2) is 0 Å². The molecule has 1 fully saturated rings. The summed E-state index contributed by atoms with van der Waals surface area (Å²) in [5, 5.41) is 6.03. The third kappa shape index (κ3) is 2.35. The molecule has 17 heavy (non-hydrogen) atoms. The average Bonchev–Trinajstić information content (AvgIpc) is 2.28. The first-order valence-electron chi connectivity index (χ1n) is 5.94. The second-order valence-corrected chi connectivity index (χ2v) is 4.92. The Morgan fingerprint density at radius 3 is 2.59 bits per heavy atom. The third-order valence-corrected chi connectivity index (χ3v) is 3.43. The minimum absolute atomic E-state index is 0.113. The highest BCUT2D eigenvalue weighted by Crippen LogP contribution is 2.36. The first-order chi connectivity index (χ1) is 8.04. The van der Waals surface area contributed by atoms with Gasteiger partial charge in [-0.15, -0.1) is 0 Å². The van der Waals surface area contributed by atoms with E-state index >= 15 is 0 Å². The maximum atomic E-state index is 11.4. The standard InChI is InChI=1S/C13H19N3O/c1-13(6-3-7-13)16-11-5-4-9(8-10(11)14)12(17)15-2/h4-5,8,16H,3,6-7,14H2,1-2H3,(H,15,17). The number of hydrogen-bond donors (Lipinski definition) is 3. The Kier molecular flexibility index (Phi) is 2.96. The van der Waals surface area contributed by atoms with Gasteiger partial charge in [-0.1, -0.05) is 0 Å². The largest absolute Gasteiger partial charge is 0.397 e. The van der Waals surface area contributed by atoms with Gasteiger partial charge < -0.3 is 16.4 Å². The maximum Gasteiger partial charge on any atom is 0.251 e. The van der Waals surface area contributed by atoms with Gasteiger partial charge in [0.1, 0.15) is 0 Å². The number of nitrogens with one attached hydrogen (secondary N) is 2. The van der Waals surface area contributed by atoms with Crippen LogP contribution in [0.2, 0.25) is 0 Å². The van der Waals surface area contributed by atoms with E-state index in [0.717, 1.165) is 5.69 Å². The van der Waals surface area contributed by atoms with Gasteiger partial charge in [0, 0.05) is 18.2 Å². The smallest absolute Gasteiger partial charge is 0.251 e. The predicted octanol–water partition coefficient (Wildman–Crippen LogP) is 1.98. The molecule has 92 valence electrons. The van der Waals surface area contributed by atoms with Crippen LogP contribution in [0.3, 0.4) is 0 Å². The molecule has 1 amide bonds. The number of anilines is 2. The Balaban J connectivity index is 2.17. The normalized spacial score (nSPS) is 17.1. The summed E-state index contributed by atoms with van der Waals surface area (Å²) < 4.78 is 0. The van der Waals surface area contributed by atoms with Crippen LogP contribution in [0.25, 0.3) is 0 Å². The van der Waals surface area contributed by atoms with Crippen molar-refractivity contribution in [2.24, 2.45) is 0 Å². The molecular weight excluding hydrogens is 214 g/mol. The molecule has 0 aromatic heterocycles. The summed E-state index contributed by atoms with van der Waals surface area (Å²) >= 11 is 0. The number of hydrogen-bond acceptors (Lipinski definition) is 3. The van der Waals surface area contributed by atoms with E-state index in [9.17, 15) is 4.79 Å². The molecule has 4 heteroatoms. The molecular formula is C13H19N3O. The van der Waals surface area contributed by atoms with Crippen molar-refractivity contribution >= 4 is 17.3 Å². The molecule has 0 bridgehead atoms. The topological polar surface area (TPSA) is 67.2 Å². The lowest BCUT2D eigenvalue weighted by molar-refractivity contribution is 0.0963. The van der Waals surface area contributed by atoms with Gasteiger partial charge in [-0.05, 0) is 44.4 Å². The van der Waals surface area contributed by atoms with Crippen molar-refractivity contribution in [2.45, 2.75) is 31.7 Å². The van der Waals surface area contributed by atoms with Crippen LogP contribution in [0.1, 0.15) is 36.5 Å². The van der Waals surface area contributed by atoms with Gasteiger partial charge in [0.05, 0.1) is 11.4 Å². The fraction of sp³-hybridized carbons (Fsp3) is 0.462. The van der Waals surface area contributed by atoms with Crippen LogP contribution in [0.5, 0.6) is 0 Å². The molecule has 0 heterocycles. The molecule has 0 spiro atoms. The van der Waals surface area contributed by atoms with Crippen LogP contribution in [0, 0.1) is 0 Å². The highest BCUT2D eigenvalue weighted by Gasteiger charge is 2.31. The minimum atomic E-state index is -0.113. The maximum absolute atomic E-state index is 11.4. The third-order valence-electron chi connectivity index (χ3n) is 3.43. The minimum Gasteiger partial charge on any atom is -0.397 e. The van der Waals surface area contributed by atoms with Gasteiger partial charge in [-0.25, -0.2) is 0 Å². The van der Waals surface area contributed by atoms with Gasteiger partial charge in [-0.2, -0.15) is 0 Å². The number of rotatable bonds is 3. The second kappa shape index (κ2) is 4.28. The Hall–Kier alpha value is -1.71. The Bertz CT molecular complexity index is 438. The van der Waals surface area contributed by atoms with E-state index in [4.69, 9.17) is 5.73 Å². The monoisotopic (exact) mass is 233 g/mol. The molecule has 0 atom stereocenters. The molecule has 1 aromatic carbocycles. The average molecular weight is 233 g/mol. The van der Waals surface area contributed by atoms with E-state index in [-0.39, 0.29) is 11.4 Å². The van der Waals surface area contributed by atoms with Gasteiger partial charge in [-0.3, -0.25) is 4.79 Å². The first kappa shape index (κ1) is 11.8. The van der Waals surface area contributed by atoms with Crippen molar-refractivity contribution in [1.29, 1.82) is 0 Å².